The molecular weight excluding hydrogens is 308 g/mol. The summed E-state index contributed by atoms with van der Waals surface area (Å²) in [6, 6.07) is 5.20. The summed E-state index contributed by atoms with van der Waals surface area (Å²) in [6.07, 6.45) is 1.48. The van der Waals surface area contributed by atoms with E-state index in [1.165, 1.54) is 13.3 Å². The second-order valence-electron chi connectivity index (χ2n) is 5.02. The van der Waals surface area contributed by atoms with Crippen LogP contribution in [0.2, 0.25) is 0 Å². The third-order valence-electron chi connectivity index (χ3n) is 3.11. The van der Waals surface area contributed by atoms with Gasteiger partial charge in [0.15, 0.2) is 0 Å². The van der Waals surface area contributed by atoms with Crippen LogP contribution in [-0.2, 0) is 0 Å². The first kappa shape index (κ1) is 17.5. The van der Waals surface area contributed by atoms with Gasteiger partial charge in [-0.05, 0) is 19.9 Å². The van der Waals surface area contributed by atoms with Crippen molar-refractivity contribution in [3.05, 3.63) is 35.7 Å². The lowest BCUT2D eigenvalue weighted by molar-refractivity contribution is 0.0954. The van der Waals surface area contributed by atoms with Crippen molar-refractivity contribution in [3.8, 4) is 5.88 Å². The molecule has 0 bridgehead atoms. The van der Waals surface area contributed by atoms with Gasteiger partial charge < -0.3 is 20.7 Å². The third-order valence-corrected chi connectivity index (χ3v) is 3.11. The van der Waals surface area contributed by atoms with E-state index < -0.39 is 0 Å². The number of methoxy groups -OCH3 is 1. The van der Waals surface area contributed by atoms with Crippen LogP contribution in [0, 0.1) is 6.92 Å². The molecule has 0 aliphatic rings. The van der Waals surface area contributed by atoms with Gasteiger partial charge in [0, 0.05) is 43.7 Å². The highest BCUT2D eigenvalue weighted by molar-refractivity contribution is 5.93. The molecule has 0 spiro atoms. The summed E-state index contributed by atoms with van der Waals surface area (Å²) < 4.78 is 4.96. The summed E-state index contributed by atoms with van der Waals surface area (Å²) in [5, 5.41) is 9.05. The van der Waals surface area contributed by atoms with Gasteiger partial charge in [0.1, 0.15) is 5.82 Å². The van der Waals surface area contributed by atoms with Gasteiger partial charge in [-0.1, -0.05) is 0 Å². The van der Waals surface area contributed by atoms with Crippen LogP contribution in [0.1, 0.15) is 23.0 Å². The molecule has 0 atom stereocenters. The second-order valence-corrected chi connectivity index (χ2v) is 5.02. The number of aryl methyl sites for hydroxylation is 1. The van der Waals surface area contributed by atoms with E-state index in [-0.39, 0.29) is 5.91 Å². The Morgan fingerprint density at radius 1 is 1.21 bits per heavy atom. The van der Waals surface area contributed by atoms with Crippen molar-refractivity contribution in [2.24, 2.45) is 0 Å². The van der Waals surface area contributed by atoms with E-state index in [2.05, 4.69) is 30.9 Å². The Morgan fingerprint density at radius 2 is 2.04 bits per heavy atom. The molecule has 8 heteroatoms. The summed E-state index contributed by atoms with van der Waals surface area (Å²) in [4.78, 5) is 24.7. The number of carbonyl (C=O) groups excluding carboxylic acids is 1. The molecule has 2 heterocycles. The number of hydrogen-bond donors (Lipinski definition) is 3. The van der Waals surface area contributed by atoms with Gasteiger partial charge in [0.25, 0.3) is 5.91 Å². The fourth-order valence-corrected chi connectivity index (χ4v) is 2.01. The molecule has 0 aliphatic carbocycles. The summed E-state index contributed by atoms with van der Waals surface area (Å²) in [5.41, 5.74) is 1.36. The summed E-state index contributed by atoms with van der Waals surface area (Å²) in [7, 11) is 1.53. The number of nitrogens with zero attached hydrogens (tertiary/aromatic N) is 3. The van der Waals surface area contributed by atoms with Crippen LogP contribution >= 0.6 is 0 Å². The van der Waals surface area contributed by atoms with Gasteiger partial charge in [-0.15, -0.1) is 0 Å². The minimum atomic E-state index is -0.189. The maximum absolute atomic E-state index is 12.0. The monoisotopic (exact) mass is 330 g/mol. The standard InChI is InChI=1S/C16H22N6O2/c1-4-17-13-9-11(2)21-16(22-13)19-8-7-18-15(23)12-5-6-14(24-3)20-10-12/h5-6,9-10H,4,7-8H2,1-3H3,(H,18,23)(H2,17,19,21,22). The molecular formula is C16H22N6O2. The maximum atomic E-state index is 12.0. The number of hydrogen-bond acceptors (Lipinski definition) is 7. The van der Waals surface area contributed by atoms with E-state index in [4.69, 9.17) is 4.74 Å². The van der Waals surface area contributed by atoms with Gasteiger partial charge in [-0.2, -0.15) is 4.98 Å². The lowest BCUT2D eigenvalue weighted by Crippen LogP contribution is -2.29. The molecule has 2 aromatic rings. The van der Waals surface area contributed by atoms with Crippen molar-refractivity contribution in [2.75, 3.05) is 37.4 Å². The molecule has 0 fully saturated rings. The molecule has 0 saturated carbocycles. The zero-order chi connectivity index (χ0) is 17.4. The number of nitrogens with one attached hydrogen (secondary N) is 3. The van der Waals surface area contributed by atoms with E-state index in [0.29, 0.717) is 30.5 Å². The van der Waals surface area contributed by atoms with Gasteiger partial charge in [-0.25, -0.2) is 9.97 Å². The highest BCUT2D eigenvalue weighted by atomic mass is 16.5. The fourth-order valence-electron chi connectivity index (χ4n) is 2.01. The predicted octanol–water partition coefficient (Wildman–Crippen LogP) is 1.46. The summed E-state index contributed by atoms with van der Waals surface area (Å²) in [6.45, 7) is 5.67. The Morgan fingerprint density at radius 3 is 2.71 bits per heavy atom. The Hall–Kier alpha value is -2.90. The lowest BCUT2D eigenvalue weighted by atomic mass is 10.2. The van der Waals surface area contributed by atoms with Crippen LogP contribution in [0.4, 0.5) is 11.8 Å². The van der Waals surface area contributed by atoms with Crippen LogP contribution < -0.4 is 20.7 Å². The maximum Gasteiger partial charge on any atom is 0.252 e. The fraction of sp³-hybridized carbons (Fsp3) is 0.375. The van der Waals surface area contributed by atoms with Gasteiger partial charge >= 0.3 is 0 Å². The Labute approximate surface area is 141 Å². The molecule has 0 unspecified atom stereocenters. The van der Waals surface area contributed by atoms with Gasteiger partial charge in [0.2, 0.25) is 11.8 Å². The zero-order valence-corrected chi connectivity index (χ0v) is 14.1. The minimum Gasteiger partial charge on any atom is -0.481 e. The average Bonchev–Trinajstić information content (AvgIpc) is 2.58. The van der Waals surface area contributed by atoms with E-state index in [9.17, 15) is 4.79 Å². The molecule has 128 valence electrons. The van der Waals surface area contributed by atoms with E-state index in [0.717, 1.165) is 18.1 Å². The van der Waals surface area contributed by atoms with E-state index in [1.54, 1.807) is 12.1 Å². The van der Waals surface area contributed by atoms with Crippen LogP contribution in [0.5, 0.6) is 5.88 Å². The first-order valence-electron chi connectivity index (χ1n) is 7.74. The number of anilines is 2. The molecule has 0 radical (unpaired) electrons. The zero-order valence-electron chi connectivity index (χ0n) is 14.1. The number of pyridine rings is 1. The first-order valence-corrected chi connectivity index (χ1v) is 7.74. The number of aromatic nitrogens is 3. The SMILES string of the molecule is CCNc1cc(C)nc(NCCNC(=O)c2ccc(OC)nc2)n1. The van der Waals surface area contributed by atoms with Crippen LogP contribution in [0.25, 0.3) is 0 Å². The van der Waals surface area contributed by atoms with Crippen molar-refractivity contribution in [1.29, 1.82) is 0 Å². The first-order chi connectivity index (χ1) is 11.6. The number of carbonyl (C=O) groups is 1. The third kappa shape index (κ3) is 5.08. The normalized spacial score (nSPS) is 10.1. The smallest absolute Gasteiger partial charge is 0.252 e. The molecule has 3 N–H and O–H groups in total. The van der Waals surface area contributed by atoms with Crippen molar-refractivity contribution in [2.45, 2.75) is 13.8 Å². The molecule has 8 nitrogen and oxygen atoms in total. The summed E-state index contributed by atoms with van der Waals surface area (Å²) in [5.74, 6) is 1.60. The predicted molar refractivity (Wildman–Crippen MR) is 92.5 cm³/mol. The van der Waals surface area contributed by atoms with Crippen molar-refractivity contribution in [1.82, 2.24) is 20.3 Å². The summed E-state index contributed by atoms with van der Waals surface area (Å²) >= 11 is 0. The van der Waals surface area contributed by atoms with Gasteiger partial charge in [-0.3, -0.25) is 4.79 Å². The Kier molecular flexibility index (Phi) is 6.30. The van der Waals surface area contributed by atoms with Crippen LogP contribution in [0.15, 0.2) is 24.4 Å². The number of ether oxygens (including phenoxy) is 1. The highest BCUT2D eigenvalue weighted by Crippen LogP contribution is 2.09. The Bertz CT molecular complexity index is 675. The minimum absolute atomic E-state index is 0.189. The molecule has 24 heavy (non-hydrogen) atoms. The molecule has 0 aromatic carbocycles. The molecule has 2 aromatic heterocycles. The van der Waals surface area contributed by atoms with E-state index >= 15 is 0 Å². The molecule has 0 saturated heterocycles. The Balaban J connectivity index is 1.80. The highest BCUT2D eigenvalue weighted by Gasteiger charge is 2.06. The number of amides is 1. The quantitative estimate of drug-likeness (QED) is 0.630. The topological polar surface area (TPSA) is 101 Å². The van der Waals surface area contributed by atoms with Crippen LogP contribution in [0.3, 0.4) is 0 Å². The molecule has 2 rings (SSSR count). The molecule has 0 aliphatic heterocycles. The van der Waals surface area contributed by atoms with E-state index in [1.807, 2.05) is 19.9 Å². The number of rotatable bonds is 8. The average molecular weight is 330 g/mol. The largest absolute Gasteiger partial charge is 0.481 e. The van der Waals surface area contributed by atoms with Gasteiger partial charge in [0.05, 0.1) is 12.7 Å². The second kappa shape index (κ2) is 8.66. The lowest BCUT2D eigenvalue weighted by Gasteiger charge is -2.09. The van der Waals surface area contributed by atoms with Crippen molar-refractivity contribution < 1.29 is 9.53 Å². The van der Waals surface area contributed by atoms with Crippen molar-refractivity contribution in [3.63, 3.8) is 0 Å². The molecule has 1 amide bonds. The van der Waals surface area contributed by atoms with Crippen molar-refractivity contribution >= 4 is 17.7 Å². The van der Waals surface area contributed by atoms with Crippen LogP contribution in [-0.4, -0.2) is 47.6 Å².